The maximum absolute atomic E-state index is 13.1. The zero-order valence-electron chi connectivity index (χ0n) is 26.1. The molecule has 0 radical (unpaired) electrons. The number of nitrogens with one attached hydrogen (secondary N) is 2. The fourth-order valence-corrected chi connectivity index (χ4v) is 7.69. The average molecular weight is 584 g/mol. The molecule has 2 heterocycles. The summed E-state index contributed by atoms with van der Waals surface area (Å²) in [4.78, 5) is 24.0. The van der Waals surface area contributed by atoms with Crippen molar-refractivity contribution in [2.24, 2.45) is 0 Å². The summed E-state index contributed by atoms with van der Waals surface area (Å²) in [6.07, 6.45) is 0.905. The van der Waals surface area contributed by atoms with E-state index in [2.05, 4.69) is 77.2 Å². The van der Waals surface area contributed by atoms with E-state index in [0.29, 0.717) is 18.2 Å². The molecule has 0 bridgehead atoms. The first-order valence-electron chi connectivity index (χ1n) is 13.8. The van der Waals surface area contributed by atoms with Gasteiger partial charge in [-0.15, -0.1) is 0 Å². The molecule has 0 saturated heterocycles. The molecule has 0 fully saturated rings. The minimum atomic E-state index is -1.29. The van der Waals surface area contributed by atoms with Crippen molar-refractivity contribution in [1.82, 2.24) is 14.9 Å². The van der Waals surface area contributed by atoms with Gasteiger partial charge in [0.25, 0.3) is 11.9 Å². The summed E-state index contributed by atoms with van der Waals surface area (Å²) in [6, 6.07) is 10.6. The maximum atomic E-state index is 13.1. The Kier molecular flexibility index (Phi) is 10.4. The van der Waals surface area contributed by atoms with Crippen LogP contribution in [0.1, 0.15) is 41.9 Å². The molecular weight excluding hydrogens is 538 g/mol. The third-order valence-electron chi connectivity index (χ3n) is 6.49. The van der Waals surface area contributed by atoms with Crippen molar-refractivity contribution in [2.45, 2.75) is 58.3 Å². The van der Waals surface area contributed by atoms with Crippen molar-refractivity contribution in [3.8, 4) is 23.5 Å². The number of anilines is 2. The zero-order valence-corrected chi connectivity index (χ0v) is 27.1. The number of furan rings is 1. The maximum Gasteiger partial charge on any atom is 0.291 e. The van der Waals surface area contributed by atoms with Crippen molar-refractivity contribution in [1.29, 1.82) is 0 Å². The topological polar surface area (TPSA) is 111 Å². The summed E-state index contributed by atoms with van der Waals surface area (Å²) < 4.78 is 22.7. The first-order chi connectivity index (χ1) is 19.2. The molecule has 224 valence electrons. The number of aromatic nitrogens is 2. The monoisotopic (exact) mass is 583 g/mol. The van der Waals surface area contributed by atoms with Crippen LogP contribution in [0, 0.1) is 6.92 Å². The van der Waals surface area contributed by atoms with E-state index in [1.54, 1.807) is 12.1 Å². The third-order valence-corrected chi connectivity index (χ3v) is 8.44. The molecule has 0 aliphatic rings. The standard InChI is InChI=1S/C30H45N5O5Si/c1-20-12-13-21(30(2,3)19-41(8,9)10)18-23(20)40-24-15-14-22(39-24)26(36)32-25-27(37-6)33-29(34-28(25)38-7)31-16-11-17-35(4)5/h12-15,18H,11,16-17,19H2,1-10H3,(H,32,36)(H,31,33,34). The molecule has 41 heavy (non-hydrogen) atoms. The third kappa shape index (κ3) is 8.96. The number of hydrogen-bond donors (Lipinski definition) is 2. The lowest BCUT2D eigenvalue weighted by Crippen LogP contribution is -2.31. The molecular formula is C30H45N5O5Si. The number of ether oxygens (including phenoxy) is 3. The Bertz CT molecular complexity index is 1310. The Morgan fingerprint density at radius 1 is 1.05 bits per heavy atom. The molecule has 3 aromatic rings. The second kappa shape index (κ2) is 13.4. The van der Waals surface area contributed by atoms with Crippen molar-refractivity contribution in [3.63, 3.8) is 0 Å². The average Bonchev–Trinajstić information content (AvgIpc) is 3.35. The van der Waals surface area contributed by atoms with E-state index in [0.717, 1.165) is 24.6 Å². The highest BCUT2D eigenvalue weighted by atomic mass is 28.3. The number of aryl methyl sites for hydroxylation is 1. The Balaban J connectivity index is 1.75. The van der Waals surface area contributed by atoms with Crippen LogP contribution < -0.4 is 24.8 Å². The van der Waals surface area contributed by atoms with Crippen LogP contribution in [-0.4, -0.2) is 70.3 Å². The minimum Gasteiger partial charge on any atom is -0.479 e. The molecule has 2 aromatic heterocycles. The number of methoxy groups -OCH3 is 2. The normalized spacial score (nSPS) is 11.9. The van der Waals surface area contributed by atoms with Crippen LogP contribution >= 0.6 is 0 Å². The van der Waals surface area contributed by atoms with Crippen LogP contribution in [0.4, 0.5) is 11.6 Å². The lowest BCUT2D eigenvalue weighted by Gasteiger charge is -2.32. The van der Waals surface area contributed by atoms with Gasteiger partial charge in [0, 0.05) is 20.7 Å². The Morgan fingerprint density at radius 3 is 2.29 bits per heavy atom. The highest BCUT2D eigenvalue weighted by molar-refractivity contribution is 6.76. The van der Waals surface area contributed by atoms with Gasteiger partial charge >= 0.3 is 0 Å². The molecule has 0 aliphatic carbocycles. The van der Waals surface area contributed by atoms with Gasteiger partial charge in [-0.1, -0.05) is 45.6 Å². The predicted octanol–water partition coefficient (Wildman–Crippen LogP) is 6.42. The summed E-state index contributed by atoms with van der Waals surface area (Å²) in [5, 5.41) is 5.91. The van der Waals surface area contributed by atoms with E-state index in [-0.39, 0.29) is 34.6 Å². The summed E-state index contributed by atoms with van der Waals surface area (Å²) in [5.41, 5.74) is 2.40. The Labute approximate surface area is 244 Å². The van der Waals surface area contributed by atoms with E-state index in [9.17, 15) is 4.79 Å². The summed E-state index contributed by atoms with van der Waals surface area (Å²) in [6.45, 7) is 15.3. The molecule has 0 unspecified atom stereocenters. The van der Waals surface area contributed by atoms with Gasteiger partial charge in [-0.05, 0) is 68.7 Å². The van der Waals surface area contributed by atoms with E-state index in [1.165, 1.54) is 19.8 Å². The van der Waals surface area contributed by atoms with E-state index in [4.69, 9.17) is 18.6 Å². The Hall–Kier alpha value is -3.57. The molecule has 3 rings (SSSR count). The molecule has 0 aliphatic heterocycles. The van der Waals surface area contributed by atoms with Gasteiger partial charge in [0.05, 0.1) is 14.2 Å². The summed E-state index contributed by atoms with van der Waals surface area (Å²) in [7, 11) is 5.68. The number of benzene rings is 1. The number of amides is 1. The highest BCUT2D eigenvalue weighted by Crippen LogP contribution is 2.37. The van der Waals surface area contributed by atoms with Crippen molar-refractivity contribution in [2.75, 3.05) is 52.0 Å². The highest BCUT2D eigenvalue weighted by Gasteiger charge is 2.29. The first kappa shape index (κ1) is 31.9. The number of rotatable bonds is 14. The fraction of sp³-hybridized carbons (Fsp3) is 0.500. The van der Waals surface area contributed by atoms with Gasteiger partial charge in [0.1, 0.15) is 5.75 Å². The lowest BCUT2D eigenvalue weighted by molar-refractivity contribution is 0.0990. The van der Waals surface area contributed by atoms with Gasteiger partial charge in [-0.25, -0.2) is 0 Å². The molecule has 2 N–H and O–H groups in total. The van der Waals surface area contributed by atoms with Gasteiger partial charge < -0.3 is 34.2 Å². The molecule has 1 aromatic carbocycles. The predicted molar refractivity (Wildman–Crippen MR) is 166 cm³/mol. The van der Waals surface area contributed by atoms with Crippen LogP contribution in [0.5, 0.6) is 23.5 Å². The first-order valence-corrected chi connectivity index (χ1v) is 17.5. The number of hydrogen-bond acceptors (Lipinski definition) is 9. The van der Waals surface area contributed by atoms with Crippen LogP contribution in [0.2, 0.25) is 25.7 Å². The van der Waals surface area contributed by atoms with Crippen LogP contribution in [-0.2, 0) is 5.41 Å². The quantitative estimate of drug-likeness (QED) is 0.164. The second-order valence-corrected chi connectivity index (χ2v) is 17.8. The SMILES string of the molecule is COc1nc(NCCCN(C)C)nc(OC)c1NC(=O)c1ccc(Oc2cc(C(C)(C)C[Si](C)(C)C)ccc2C)o1. The summed E-state index contributed by atoms with van der Waals surface area (Å²) in [5.74, 6) is 1.11. The van der Waals surface area contributed by atoms with Gasteiger partial charge in [-0.2, -0.15) is 9.97 Å². The second-order valence-electron chi connectivity index (χ2n) is 12.3. The largest absolute Gasteiger partial charge is 0.479 e. The number of nitrogens with zero attached hydrogens (tertiary/aromatic N) is 3. The molecule has 0 spiro atoms. The Morgan fingerprint density at radius 2 is 1.71 bits per heavy atom. The molecule has 0 atom stereocenters. The van der Waals surface area contributed by atoms with Crippen molar-refractivity contribution >= 4 is 25.6 Å². The fourth-order valence-electron chi connectivity index (χ4n) is 4.84. The van der Waals surface area contributed by atoms with Gasteiger partial charge in [0.15, 0.2) is 11.4 Å². The van der Waals surface area contributed by atoms with Gasteiger partial charge in [0.2, 0.25) is 17.7 Å². The van der Waals surface area contributed by atoms with Crippen LogP contribution in [0.3, 0.4) is 0 Å². The van der Waals surface area contributed by atoms with E-state index >= 15 is 0 Å². The van der Waals surface area contributed by atoms with Crippen LogP contribution in [0.25, 0.3) is 0 Å². The van der Waals surface area contributed by atoms with Crippen molar-refractivity contribution in [3.05, 3.63) is 47.2 Å². The molecule has 10 nitrogen and oxygen atoms in total. The van der Waals surface area contributed by atoms with Crippen molar-refractivity contribution < 1.29 is 23.4 Å². The van der Waals surface area contributed by atoms with E-state index in [1.807, 2.05) is 21.0 Å². The minimum absolute atomic E-state index is 0.0158. The molecule has 0 saturated carbocycles. The molecule has 11 heteroatoms. The molecule has 1 amide bonds. The van der Waals surface area contributed by atoms with Gasteiger partial charge in [-0.3, -0.25) is 4.79 Å². The summed E-state index contributed by atoms with van der Waals surface area (Å²) >= 11 is 0. The lowest BCUT2D eigenvalue weighted by atomic mass is 9.86. The number of carbonyl (C=O) groups is 1. The van der Waals surface area contributed by atoms with E-state index < -0.39 is 14.0 Å². The zero-order chi connectivity index (χ0) is 30.4. The number of carbonyl (C=O) groups excluding carboxylic acids is 1. The smallest absolute Gasteiger partial charge is 0.291 e. The van der Waals surface area contributed by atoms with Crippen LogP contribution in [0.15, 0.2) is 34.7 Å².